The molecule has 0 spiro atoms. The number of benzene rings is 5. The average molecular weight is 988 g/mol. The molecule has 0 bridgehead atoms. The van der Waals surface area contributed by atoms with Gasteiger partial charge in [0.2, 0.25) is 0 Å². The van der Waals surface area contributed by atoms with Gasteiger partial charge in [-0.25, -0.2) is 34.0 Å². The van der Waals surface area contributed by atoms with Crippen LogP contribution in [0, 0.1) is 0 Å². The number of esters is 3. The molecule has 2 aromatic heterocycles. The number of anilines is 1. The summed E-state index contributed by atoms with van der Waals surface area (Å²) < 4.78 is 32.1. The first-order chi connectivity index (χ1) is 34.9. The van der Waals surface area contributed by atoms with E-state index in [-0.39, 0.29) is 57.6 Å². The highest BCUT2D eigenvalue weighted by molar-refractivity contribution is 6.76. The highest BCUT2D eigenvalue weighted by Crippen LogP contribution is 2.40. The van der Waals surface area contributed by atoms with E-state index in [4.69, 9.17) is 28.7 Å². The zero-order valence-electron chi connectivity index (χ0n) is 39.9. The molecule has 1 fully saturated rings. The second-order valence-corrected chi connectivity index (χ2v) is 23.7. The van der Waals surface area contributed by atoms with Gasteiger partial charge >= 0.3 is 24.0 Å². The number of nitrogens with zero attached hydrogens (tertiary/aromatic N) is 4. The predicted molar refractivity (Wildman–Crippen MR) is 269 cm³/mol. The van der Waals surface area contributed by atoms with Crippen molar-refractivity contribution in [3.63, 3.8) is 0 Å². The number of imide groups is 1. The van der Waals surface area contributed by atoms with Gasteiger partial charge in [0.05, 0.1) is 28.7 Å². The Morgan fingerprint density at radius 1 is 0.625 bits per heavy atom. The molecule has 0 saturated carbocycles. The van der Waals surface area contributed by atoms with Crippen LogP contribution in [0.2, 0.25) is 25.7 Å². The van der Waals surface area contributed by atoms with Crippen LogP contribution >= 0.6 is 0 Å². The van der Waals surface area contributed by atoms with Gasteiger partial charge in [0.25, 0.3) is 11.8 Å². The van der Waals surface area contributed by atoms with Crippen molar-refractivity contribution in [2.45, 2.75) is 63.1 Å². The molecule has 7 aromatic rings. The normalized spacial score (nSPS) is 16.3. The quantitative estimate of drug-likeness (QED) is 0.0281. The molecule has 1 N–H and O–H groups in total. The molecule has 5 aromatic carbocycles. The van der Waals surface area contributed by atoms with E-state index in [2.05, 4.69) is 29.9 Å². The number of hydrogen-bond donors (Lipinski definition) is 1. The van der Waals surface area contributed by atoms with Gasteiger partial charge in [-0.3, -0.25) is 9.59 Å². The molecular weight excluding hydrogens is 935 g/mol. The van der Waals surface area contributed by atoms with Crippen LogP contribution in [0.5, 0.6) is 0 Å². The molecule has 3 heterocycles. The van der Waals surface area contributed by atoms with Gasteiger partial charge in [-0.1, -0.05) is 111 Å². The number of carbonyl (C=O) groups is 6. The Hall–Kier alpha value is -8.28. The van der Waals surface area contributed by atoms with Crippen molar-refractivity contribution in [2.75, 3.05) is 24.7 Å². The summed E-state index contributed by atoms with van der Waals surface area (Å²) in [5, 5.41) is 3.08. The maximum atomic E-state index is 14.7. The second kappa shape index (κ2) is 23.1. The summed E-state index contributed by atoms with van der Waals surface area (Å²) in [6.45, 7) is 6.59. The van der Waals surface area contributed by atoms with Crippen LogP contribution in [-0.4, -0.2) is 96.5 Å². The minimum absolute atomic E-state index is 0.0635. The van der Waals surface area contributed by atoms with Crippen LogP contribution in [0.15, 0.2) is 164 Å². The van der Waals surface area contributed by atoms with E-state index in [1.165, 1.54) is 6.33 Å². The Morgan fingerprint density at radius 3 is 1.62 bits per heavy atom. The number of ether oxygens (including phenoxy) is 5. The maximum absolute atomic E-state index is 14.7. The standard InChI is InChI=1S/C55H53N5O11Si/c1-72(2,3)33-32-67-55(66)56-31-19-30-42-34-59(47-44(42)48(58-36-57-47)60(49(61)37-20-9-4-10-21-37)50(62)38-22-11-5-12-23-38)51-46(71-54(65)41-28-17-8-18-29-41)45(70-53(64)40-26-15-7-16-27-40)43(69-51)35-68-52(63)39-24-13-6-14-25-39/h4-18,20-29,34,36,43,45-46,51H,19,30-33,35H2,1-3H3,(H,56,66)/t43-,45-,46-,51-/m0/s1. The van der Waals surface area contributed by atoms with Crippen LogP contribution < -0.4 is 10.2 Å². The Kier molecular flexibility index (Phi) is 16.1. The molecule has 0 unspecified atom stereocenters. The lowest BCUT2D eigenvalue weighted by Crippen LogP contribution is -2.41. The molecule has 4 atom stereocenters. The average Bonchev–Trinajstić information content (AvgIpc) is 3.94. The minimum Gasteiger partial charge on any atom is -0.459 e. The first kappa shape index (κ1) is 50.1. The van der Waals surface area contributed by atoms with Crippen LogP contribution in [-0.2, 0) is 30.1 Å². The number of amides is 3. The van der Waals surface area contributed by atoms with E-state index < -0.39 is 75.0 Å². The van der Waals surface area contributed by atoms with Gasteiger partial charge < -0.3 is 33.6 Å². The summed E-state index contributed by atoms with van der Waals surface area (Å²) in [6.07, 6.45) is -2.56. The first-order valence-electron chi connectivity index (χ1n) is 23.5. The van der Waals surface area contributed by atoms with Crippen LogP contribution in [0.4, 0.5) is 10.6 Å². The van der Waals surface area contributed by atoms with Gasteiger partial charge in [-0.2, -0.15) is 0 Å². The van der Waals surface area contributed by atoms with Crippen molar-refractivity contribution in [2.24, 2.45) is 0 Å². The zero-order chi connectivity index (χ0) is 50.6. The fraction of sp³-hybridized carbons (Fsp3) is 0.236. The number of nitrogens with one attached hydrogen (secondary N) is 1. The summed E-state index contributed by atoms with van der Waals surface area (Å²) in [5.41, 5.74) is 1.70. The largest absolute Gasteiger partial charge is 0.459 e. The number of fused-ring (bicyclic) bond motifs is 1. The lowest BCUT2D eigenvalue weighted by atomic mass is 10.1. The highest BCUT2D eigenvalue weighted by Gasteiger charge is 2.52. The lowest BCUT2D eigenvalue weighted by molar-refractivity contribution is -0.0604. The Labute approximate surface area is 416 Å². The van der Waals surface area contributed by atoms with Crippen molar-refractivity contribution in [3.8, 4) is 0 Å². The van der Waals surface area contributed by atoms with Gasteiger partial charge in [0.15, 0.2) is 24.3 Å². The Morgan fingerprint density at radius 2 is 1.11 bits per heavy atom. The van der Waals surface area contributed by atoms with Crippen molar-refractivity contribution in [1.82, 2.24) is 19.9 Å². The first-order valence-corrected chi connectivity index (χ1v) is 27.2. The summed E-state index contributed by atoms with van der Waals surface area (Å²) >= 11 is 0. The predicted octanol–water partition coefficient (Wildman–Crippen LogP) is 9.12. The van der Waals surface area contributed by atoms with Gasteiger partial charge in [-0.15, -0.1) is 0 Å². The van der Waals surface area contributed by atoms with Crippen LogP contribution in [0.1, 0.15) is 70.0 Å². The number of aromatic nitrogens is 3. The third-order valence-corrected chi connectivity index (χ3v) is 13.5. The molecule has 0 aliphatic carbocycles. The van der Waals surface area contributed by atoms with Crippen molar-refractivity contribution in [3.05, 3.63) is 198 Å². The summed E-state index contributed by atoms with van der Waals surface area (Å²) in [5.74, 6) is -3.64. The molecule has 17 heteroatoms. The fourth-order valence-electron chi connectivity index (χ4n) is 8.05. The minimum atomic E-state index is -1.46. The molecular formula is C55H53N5O11Si. The summed E-state index contributed by atoms with van der Waals surface area (Å²) in [4.78, 5) is 94.1. The monoisotopic (exact) mass is 987 g/mol. The Balaban J connectivity index is 1.24. The number of alkyl carbamates (subject to hydrolysis) is 1. The molecule has 1 aliphatic heterocycles. The number of aryl methyl sites for hydroxylation is 1. The lowest BCUT2D eigenvalue weighted by Gasteiger charge is -2.25. The Bertz CT molecular complexity index is 2960. The summed E-state index contributed by atoms with van der Waals surface area (Å²) in [7, 11) is -1.46. The van der Waals surface area contributed by atoms with E-state index in [0.29, 0.717) is 18.6 Å². The van der Waals surface area contributed by atoms with E-state index in [1.807, 2.05) is 0 Å². The van der Waals surface area contributed by atoms with Crippen LogP contribution in [0.3, 0.4) is 0 Å². The topological polar surface area (TPSA) is 195 Å². The molecule has 8 rings (SSSR count). The zero-order valence-corrected chi connectivity index (χ0v) is 40.9. The molecule has 3 amide bonds. The van der Waals surface area contributed by atoms with E-state index in [0.717, 1.165) is 10.9 Å². The van der Waals surface area contributed by atoms with E-state index in [9.17, 15) is 28.8 Å². The molecule has 16 nitrogen and oxygen atoms in total. The van der Waals surface area contributed by atoms with Gasteiger partial charge in [-0.05, 0) is 85.1 Å². The van der Waals surface area contributed by atoms with E-state index in [1.54, 1.807) is 162 Å². The molecule has 1 saturated heterocycles. The number of carbonyl (C=O) groups excluding carboxylic acids is 6. The van der Waals surface area contributed by atoms with Gasteiger partial charge in [0, 0.05) is 31.9 Å². The summed E-state index contributed by atoms with van der Waals surface area (Å²) in [6, 6.07) is 42.1. The highest BCUT2D eigenvalue weighted by atomic mass is 28.3. The van der Waals surface area contributed by atoms with Gasteiger partial charge in [0.1, 0.15) is 24.7 Å². The third kappa shape index (κ3) is 12.2. The fourth-order valence-corrected chi connectivity index (χ4v) is 8.77. The smallest absolute Gasteiger partial charge is 0.407 e. The second-order valence-electron chi connectivity index (χ2n) is 18.1. The SMILES string of the molecule is C[Si](C)(C)CCOC(=O)NCCCc1cn([C@H]2O[C@@H](COC(=O)c3ccccc3)[C@H](OC(=O)c3ccccc3)[C@@H]2OC(=O)c2ccccc2)c2ncnc(N(C(=O)c3ccccc3)C(=O)c3ccccc3)c12. The third-order valence-electron chi connectivity index (χ3n) is 11.8. The number of rotatable bonds is 18. The molecule has 72 heavy (non-hydrogen) atoms. The molecule has 368 valence electrons. The maximum Gasteiger partial charge on any atom is 0.407 e. The molecule has 0 radical (unpaired) electrons. The number of hydrogen-bond acceptors (Lipinski definition) is 13. The van der Waals surface area contributed by atoms with Crippen molar-refractivity contribution in [1.29, 1.82) is 0 Å². The van der Waals surface area contributed by atoms with E-state index >= 15 is 0 Å². The van der Waals surface area contributed by atoms with Crippen LogP contribution in [0.25, 0.3) is 11.0 Å². The van der Waals surface area contributed by atoms with Crippen molar-refractivity contribution < 1.29 is 52.5 Å². The van der Waals surface area contributed by atoms with Crippen molar-refractivity contribution >= 4 is 60.7 Å². The molecule has 1 aliphatic rings.